The highest BCUT2D eigenvalue weighted by Gasteiger charge is 2.08. The first-order valence-electron chi connectivity index (χ1n) is 4.40. The second kappa shape index (κ2) is 5.82. The first-order chi connectivity index (χ1) is 6.76. The van der Waals surface area contributed by atoms with Gasteiger partial charge in [0.15, 0.2) is 0 Å². The summed E-state index contributed by atoms with van der Waals surface area (Å²) in [5, 5.41) is 10.6. The summed E-state index contributed by atoms with van der Waals surface area (Å²) in [5.74, 6) is 1.03. The Hall–Kier alpha value is -0.810. The molecule has 0 aromatic carbocycles. The normalized spacial score (nSPS) is 12.8. The molecule has 0 saturated heterocycles. The summed E-state index contributed by atoms with van der Waals surface area (Å²) in [5.41, 5.74) is 0. The summed E-state index contributed by atoms with van der Waals surface area (Å²) in [6, 6.07) is 0.555. The number of hydrogen-bond donors (Lipinski definition) is 1. The van der Waals surface area contributed by atoms with Gasteiger partial charge in [0.1, 0.15) is 0 Å². The van der Waals surface area contributed by atoms with E-state index < -0.39 is 0 Å². The number of rotatable bonds is 6. The molecule has 0 radical (unpaired) electrons. The number of aryl methyl sites for hydroxylation is 1. The Morgan fingerprint density at radius 2 is 2.36 bits per heavy atom. The molecule has 0 amide bonds. The molecule has 0 spiro atoms. The molecule has 14 heavy (non-hydrogen) atoms. The SMILES string of the molecule is COCC(C)Nc1nnc(CCCl)o1. The van der Waals surface area contributed by atoms with Gasteiger partial charge in [-0.25, -0.2) is 0 Å². The Kier molecular flexibility index (Phi) is 4.69. The summed E-state index contributed by atoms with van der Waals surface area (Å²) < 4.78 is 10.2. The lowest BCUT2D eigenvalue weighted by molar-refractivity contribution is 0.189. The van der Waals surface area contributed by atoms with Crippen LogP contribution in [0, 0.1) is 0 Å². The first kappa shape index (κ1) is 11.3. The third kappa shape index (κ3) is 3.51. The van der Waals surface area contributed by atoms with Crippen LogP contribution in [0.1, 0.15) is 12.8 Å². The molecule has 0 saturated carbocycles. The van der Waals surface area contributed by atoms with Crippen molar-refractivity contribution in [3.63, 3.8) is 0 Å². The first-order valence-corrected chi connectivity index (χ1v) is 4.93. The molecule has 0 fully saturated rings. The van der Waals surface area contributed by atoms with Crippen molar-refractivity contribution >= 4 is 17.6 Å². The molecule has 0 aliphatic rings. The molecule has 5 nitrogen and oxygen atoms in total. The van der Waals surface area contributed by atoms with Gasteiger partial charge >= 0.3 is 6.01 Å². The minimum atomic E-state index is 0.143. The zero-order valence-corrected chi connectivity index (χ0v) is 9.04. The molecular formula is C8H14ClN3O2. The third-order valence-corrected chi connectivity index (χ3v) is 1.75. The Bertz CT molecular complexity index is 267. The van der Waals surface area contributed by atoms with Gasteiger partial charge in [-0.2, -0.15) is 0 Å². The van der Waals surface area contributed by atoms with Gasteiger partial charge in [0.25, 0.3) is 0 Å². The van der Waals surface area contributed by atoms with E-state index in [-0.39, 0.29) is 6.04 Å². The number of ether oxygens (including phenoxy) is 1. The number of halogens is 1. The summed E-state index contributed by atoms with van der Waals surface area (Å²) in [4.78, 5) is 0. The van der Waals surface area contributed by atoms with E-state index in [9.17, 15) is 0 Å². The number of methoxy groups -OCH3 is 1. The Morgan fingerprint density at radius 3 is 3.00 bits per heavy atom. The summed E-state index contributed by atoms with van der Waals surface area (Å²) in [6.07, 6.45) is 0.592. The van der Waals surface area contributed by atoms with Crippen molar-refractivity contribution in [1.82, 2.24) is 10.2 Å². The average Bonchev–Trinajstić information content (AvgIpc) is 2.53. The molecule has 1 heterocycles. The minimum Gasteiger partial charge on any atom is -0.408 e. The van der Waals surface area contributed by atoms with E-state index >= 15 is 0 Å². The van der Waals surface area contributed by atoms with Gasteiger partial charge < -0.3 is 14.5 Å². The number of nitrogens with zero attached hydrogens (tertiary/aromatic N) is 2. The Balaban J connectivity index is 2.42. The van der Waals surface area contributed by atoms with Crippen molar-refractivity contribution in [1.29, 1.82) is 0 Å². The van der Waals surface area contributed by atoms with Crippen molar-refractivity contribution < 1.29 is 9.15 Å². The van der Waals surface area contributed by atoms with E-state index in [0.29, 0.717) is 30.8 Å². The predicted molar refractivity (Wildman–Crippen MR) is 53.7 cm³/mol. The molecular weight excluding hydrogens is 206 g/mol. The van der Waals surface area contributed by atoms with Crippen LogP contribution in [0.2, 0.25) is 0 Å². The number of alkyl halides is 1. The van der Waals surface area contributed by atoms with Gasteiger partial charge in [-0.1, -0.05) is 5.10 Å². The summed E-state index contributed by atoms with van der Waals surface area (Å²) in [6.45, 7) is 2.56. The minimum absolute atomic E-state index is 0.143. The molecule has 1 unspecified atom stereocenters. The van der Waals surface area contributed by atoms with Crippen molar-refractivity contribution in [2.24, 2.45) is 0 Å². The van der Waals surface area contributed by atoms with E-state index in [2.05, 4.69) is 15.5 Å². The highest BCUT2D eigenvalue weighted by molar-refractivity contribution is 6.17. The second-order valence-corrected chi connectivity index (χ2v) is 3.32. The van der Waals surface area contributed by atoms with Crippen molar-refractivity contribution in [3.8, 4) is 0 Å². The highest BCUT2D eigenvalue weighted by Crippen LogP contribution is 2.07. The topological polar surface area (TPSA) is 60.2 Å². The van der Waals surface area contributed by atoms with E-state index in [4.69, 9.17) is 20.8 Å². The average molecular weight is 220 g/mol. The van der Waals surface area contributed by atoms with Crippen LogP contribution in [0.4, 0.5) is 6.01 Å². The predicted octanol–water partition coefficient (Wildman–Crippen LogP) is 1.30. The van der Waals surface area contributed by atoms with E-state index in [1.54, 1.807) is 7.11 Å². The zero-order valence-electron chi connectivity index (χ0n) is 8.29. The summed E-state index contributed by atoms with van der Waals surface area (Å²) >= 11 is 5.53. The van der Waals surface area contributed by atoms with E-state index in [0.717, 1.165) is 0 Å². The second-order valence-electron chi connectivity index (χ2n) is 2.94. The fourth-order valence-corrected chi connectivity index (χ4v) is 1.16. The van der Waals surface area contributed by atoms with Crippen LogP contribution in [0.5, 0.6) is 0 Å². The lowest BCUT2D eigenvalue weighted by Gasteiger charge is -2.09. The Labute approximate surface area is 87.8 Å². The fourth-order valence-electron chi connectivity index (χ4n) is 0.996. The molecule has 1 aromatic heterocycles. The molecule has 1 aromatic rings. The molecule has 1 N–H and O–H groups in total. The van der Waals surface area contributed by atoms with Crippen LogP contribution in [-0.4, -0.2) is 35.8 Å². The molecule has 0 aliphatic carbocycles. The largest absolute Gasteiger partial charge is 0.408 e. The molecule has 6 heteroatoms. The van der Waals surface area contributed by atoms with Gasteiger partial charge in [0, 0.05) is 19.4 Å². The maximum atomic E-state index is 5.53. The van der Waals surface area contributed by atoms with Gasteiger partial charge in [-0.3, -0.25) is 0 Å². The van der Waals surface area contributed by atoms with E-state index in [1.165, 1.54) is 0 Å². The smallest absolute Gasteiger partial charge is 0.315 e. The van der Waals surface area contributed by atoms with Gasteiger partial charge in [0.2, 0.25) is 5.89 Å². The Morgan fingerprint density at radius 1 is 1.57 bits per heavy atom. The summed E-state index contributed by atoms with van der Waals surface area (Å²) in [7, 11) is 1.64. The molecule has 80 valence electrons. The number of aromatic nitrogens is 2. The van der Waals surface area contributed by atoms with Crippen LogP contribution in [0.15, 0.2) is 4.42 Å². The lowest BCUT2D eigenvalue weighted by Crippen LogP contribution is -2.20. The number of anilines is 1. The monoisotopic (exact) mass is 219 g/mol. The van der Waals surface area contributed by atoms with Crippen LogP contribution < -0.4 is 5.32 Å². The fraction of sp³-hybridized carbons (Fsp3) is 0.750. The van der Waals surface area contributed by atoms with Gasteiger partial charge in [-0.15, -0.1) is 16.7 Å². The maximum Gasteiger partial charge on any atom is 0.315 e. The van der Waals surface area contributed by atoms with Gasteiger partial charge in [-0.05, 0) is 6.92 Å². The van der Waals surface area contributed by atoms with Crippen molar-refractivity contribution in [2.75, 3.05) is 24.9 Å². The van der Waals surface area contributed by atoms with Crippen LogP contribution in [0.25, 0.3) is 0 Å². The molecule has 0 aliphatic heterocycles. The lowest BCUT2D eigenvalue weighted by atomic mass is 10.4. The standard InChI is InChI=1S/C8H14ClN3O2/c1-6(5-13-2)10-8-12-11-7(14-8)3-4-9/h6H,3-5H2,1-2H3,(H,10,12). The van der Waals surface area contributed by atoms with Crippen LogP contribution in [0.3, 0.4) is 0 Å². The zero-order chi connectivity index (χ0) is 10.4. The highest BCUT2D eigenvalue weighted by atomic mass is 35.5. The number of hydrogen-bond acceptors (Lipinski definition) is 5. The van der Waals surface area contributed by atoms with Crippen LogP contribution in [-0.2, 0) is 11.2 Å². The van der Waals surface area contributed by atoms with Gasteiger partial charge in [0.05, 0.1) is 12.6 Å². The van der Waals surface area contributed by atoms with Crippen molar-refractivity contribution in [2.45, 2.75) is 19.4 Å². The van der Waals surface area contributed by atoms with E-state index in [1.807, 2.05) is 6.92 Å². The number of nitrogens with one attached hydrogen (secondary N) is 1. The molecule has 1 atom stereocenters. The third-order valence-electron chi connectivity index (χ3n) is 1.56. The van der Waals surface area contributed by atoms with Crippen molar-refractivity contribution in [3.05, 3.63) is 5.89 Å². The molecule has 1 rings (SSSR count). The quantitative estimate of drug-likeness (QED) is 0.731. The molecule has 0 bridgehead atoms. The van der Waals surface area contributed by atoms with Crippen LogP contribution >= 0.6 is 11.6 Å². The maximum absolute atomic E-state index is 5.53.